The van der Waals surface area contributed by atoms with Crippen molar-refractivity contribution in [3.8, 4) is 0 Å². The molecule has 0 radical (unpaired) electrons. The highest BCUT2D eigenvalue weighted by Crippen LogP contribution is 2.06. The standard InChI is InChI=1S/C12H21NO4/c1-5-6-7-8-9-10(14)17-13-11(15)16-12(2,3)4/h7-8H,5-6,9H2,1-4H3,(H,13,15)/b8-7+. The maximum atomic E-state index is 11.1. The van der Waals surface area contributed by atoms with Gasteiger partial charge < -0.3 is 9.57 Å². The van der Waals surface area contributed by atoms with E-state index in [1.807, 2.05) is 18.5 Å². The normalized spacial score (nSPS) is 11.3. The van der Waals surface area contributed by atoms with E-state index in [1.54, 1.807) is 26.8 Å². The SMILES string of the molecule is CCC/C=C/CC(=O)ONC(=O)OC(C)(C)C. The molecule has 0 heterocycles. The van der Waals surface area contributed by atoms with Crippen LogP contribution >= 0.6 is 0 Å². The lowest BCUT2D eigenvalue weighted by Crippen LogP contribution is -2.33. The van der Waals surface area contributed by atoms with Gasteiger partial charge in [-0.2, -0.15) is 0 Å². The molecule has 17 heavy (non-hydrogen) atoms. The van der Waals surface area contributed by atoms with Gasteiger partial charge in [-0.05, 0) is 27.2 Å². The van der Waals surface area contributed by atoms with Crippen LogP contribution in [0.15, 0.2) is 12.2 Å². The van der Waals surface area contributed by atoms with Gasteiger partial charge in [0.1, 0.15) is 5.60 Å². The minimum Gasteiger partial charge on any atom is -0.442 e. The van der Waals surface area contributed by atoms with Crippen LogP contribution in [0.5, 0.6) is 0 Å². The quantitative estimate of drug-likeness (QED) is 0.609. The van der Waals surface area contributed by atoms with Crippen molar-refractivity contribution >= 4 is 12.1 Å². The molecular weight excluding hydrogens is 222 g/mol. The zero-order valence-corrected chi connectivity index (χ0v) is 10.9. The molecule has 5 nitrogen and oxygen atoms in total. The zero-order valence-electron chi connectivity index (χ0n) is 10.9. The molecule has 1 amide bonds. The molecule has 98 valence electrons. The van der Waals surface area contributed by atoms with Crippen LogP contribution in [-0.2, 0) is 14.4 Å². The molecule has 0 unspecified atom stereocenters. The summed E-state index contributed by atoms with van der Waals surface area (Å²) in [7, 11) is 0. The summed E-state index contributed by atoms with van der Waals surface area (Å²) in [5, 5.41) is 0. The first kappa shape index (κ1) is 15.5. The Morgan fingerprint density at radius 1 is 1.24 bits per heavy atom. The van der Waals surface area contributed by atoms with E-state index in [0.717, 1.165) is 12.8 Å². The highest BCUT2D eigenvalue weighted by atomic mass is 16.7. The molecule has 0 aliphatic rings. The molecular formula is C12H21NO4. The number of carbonyl (C=O) groups excluding carboxylic acids is 2. The summed E-state index contributed by atoms with van der Waals surface area (Å²) in [5.41, 5.74) is 1.32. The van der Waals surface area contributed by atoms with Crippen molar-refractivity contribution in [1.82, 2.24) is 5.48 Å². The van der Waals surface area contributed by atoms with Crippen molar-refractivity contribution in [2.24, 2.45) is 0 Å². The van der Waals surface area contributed by atoms with E-state index >= 15 is 0 Å². The smallest absolute Gasteiger partial charge is 0.441 e. The maximum absolute atomic E-state index is 11.1. The van der Waals surface area contributed by atoms with Gasteiger partial charge in [-0.25, -0.2) is 9.59 Å². The molecule has 0 aliphatic heterocycles. The number of unbranched alkanes of at least 4 members (excludes halogenated alkanes) is 1. The Balaban J connectivity index is 3.73. The summed E-state index contributed by atoms with van der Waals surface area (Å²) in [4.78, 5) is 26.8. The number of carbonyl (C=O) groups is 2. The topological polar surface area (TPSA) is 64.6 Å². The predicted molar refractivity (Wildman–Crippen MR) is 64.1 cm³/mol. The zero-order chi connectivity index (χ0) is 13.3. The molecule has 0 atom stereocenters. The highest BCUT2D eigenvalue weighted by Gasteiger charge is 2.16. The van der Waals surface area contributed by atoms with E-state index in [4.69, 9.17) is 4.74 Å². The Morgan fingerprint density at radius 3 is 2.41 bits per heavy atom. The van der Waals surface area contributed by atoms with Crippen molar-refractivity contribution in [1.29, 1.82) is 0 Å². The first-order chi connectivity index (χ1) is 7.85. The van der Waals surface area contributed by atoms with Gasteiger partial charge in [-0.3, -0.25) is 0 Å². The molecule has 0 aromatic rings. The van der Waals surface area contributed by atoms with E-state index in [9.17, 15) is 9.59 Å². The van der Waals surface area contributed by atoms with Crippen LogP contribution in [0.2, 0.25) is 0 Å². The summed E-state index contributed by atoms with van der Waals surface area (Å²) in [6.07, 6.45) is 4.92. The molecule has 5 heteroatoms. The molecule has 0 fully saturated rings. The summed E-state index contributed by atoms with van der Waals surface area (Å²) in [5.74, 6) is -0.525. The molecule has 0 aromatic carbocycles. The average molecular weight is 243 g/mol. The Morgan fingerprint density at radius 2 is 1.88 bits per heavy atom. The van der Waals surface area contributed by atoms with Crippen LogP contribution in [0, 0.1) is 0 Å². The highest BCUT2D eigenvalue weighted by molar-refractivity contribution is 5.74. The predicted octanol–water partition coefficient (Wildman–Crippen LogP) is 2.72. The van der Waals surface area contributed by atoms with Crippen molar-refractivity contribution in [2.45, 2.75) is 52.6 Å². The van der Waals surface area contributed by atoms with E-state index in [-0.39, 0.29) is 6.42 Å². The number of hydroxylamine groups is 1. The number of hydrogen-bond donors (Lipinski definition) is 1. The second-order valence-corrected chi connectivity index (χ2v) is 4.54. The summed E-state index contributed by atoms with van der Waals surface area (Å²) >= 11 is 0. The van der Waals surface area contributed by atoms with Crippen LogP contribution < -0.4 is 5.48 Å². The maximum Gasteiger partial charge on any atom is 0.441 e. The largest absolute Gasteiger partial charge is 0.442 e. The molecule has 1 N–H and O–H groups in total. The molecule has 0 bridgehead atoms. The van der Waals surface area contributed by atoms with E-state index in [2.05, 4.69) is 4.84 Å². The fraction of sp³-hybridized carbons (Fsp3) is 0.667. The Kier molecular flexibility index (Phi) is 7.02. The van der Waals surface area contributed by atoms with Crippen LogP contribution in [0.3, 0.4) is 0 Å². The van der Waals surface area contributed by atoms with Crippen molar-refractivity contribution in [2.75, 3.05) is 0 Å². The van der Waals surface area contributed by atoms with Gasteiger partial charge in [0.2, 0.25) is 0 Å². The van der Waals surface area contributed by atoms with Crippen LogP contribution in [0.25, 0.3) is 0 Å². The van der Waals surface area contributed by atoms with Crippen LogP contribution in [0.4, 0.5) is 4.79 Å². The fourth-order valence-electron chi connectivity index (χ4n) is 0.903. The molecule has 0 aromatic heterocycles. The van der Waals surface area contributed by atoms with Crippen LogP contribution in [0.1, 0.15) is 47.0 Å². The minimum absolute atomic E-state index is 0.135. The van der Waals surface area contributed by atoms with E-state index in [0.29, 0.717) is 0 Å². The van der Waals surface area contributed by atoms with E-state index in [1.165, 1.54) is 0 Å². The Hall–Kier alpha value is -1.52. The Labute approximate surface area is 102 Å². The van der Waals surface area contributed by atoms with Gasteiger partial charge in [-0.1, -0.05) is 25.5 Å². The third kappa shape index (κ3) is 10.8. The summed E-state index contributed by atoms with van der Waals surface area (Å²) in [6, 6.07) is 0. The lowest BCUT2D eigenvalue weighted by molar-refractivity contribution is -0.149. The molecule has 0 saturated heterocycles. The second-order valence-electron chi connectivity index (χ2n) is 4.54. The van der Waals surface area contributed by atoms with Gasteiger partial charge in [0, 0.05) is 0 Å². The minimum atomic E-state index is -0.775. The first-order valence-corrected chi connectivity index (χ1v) is 5.69. The lowest BCUT2D eigenvalue weighted by atomic mass is 10.2. The molecule has 0 saturated carbocycles. The summed E-state index contributed by atoms with van der Waals surface area (Å²) in [6.45, 7) is 7.22. The number of allylic oxidation sites excluding steroid dienone is 1. The van der Waals surface area contributed by atoms with Gasteiger partial charge >= 0.3 is 12.1 Å². The molecule has 0 spiro atoms. The fourth-order valence-corrected chi connectivity index (χ4v) is 0.903. The van der Waals surface area contributed by atoms with Crippen molar-refractivity contribution < 1.29 is 19.2 Å². The number of nitrogens with one attached hydrogen (secondary N) is 1. The van der Waals surface area contributed by atoms with Gasteiger partial charge in [0.25, 0.3) is 0 Å². The number of ether oxygens (including phenoxy) is 1. The molecule has 0 aliphatic carbocycles. The van der Waals surface area contributed by atoms with Gasteiger partial charge in [0.15, 0.2) is 0 Å². The number of amides is 1. The monoisotopic (exact) mass is 243 g/mol. The van der Waals surface area contributed by atoms with Crippen molar-refractivity contribution in [3.05, 3.63) is 12.2 Å². The van der Waals surface area contributed by atoms with Crippen molar-refractivity contribution in [3.63, 3.8) is 0 Å². The lowest BCUT2D eigenvalue weighted by Gasteiger charge is -2.19. The second kappa shape index (κ2) is 7.70. The van der Waals surface area contributed by atoms with E-state index < -0.39 is 17.7 Å². The summed E-state index contributed by atoms with van der Waals surface area (Å²) < 4.78 is 4.89. The third-order valence-corrected chi connectivity index (χ3v) is 1.55. The first-order valence-electron chi connectivity index (χ1n) is 5.69. The van der Waals surface area contributed by atoms with Gasteiger partial charge in [-0.15, -0.1) is 5.48 Å². The number of hydrogen-bond acceptors (Lipinski definition) is 4. The molecule has 0 rings (SSSR count). The Bertz CT molecular complexity index is 279. The van der Waals surface area contributed by atoms with Crippen LogP contribution in [-0.4, -0.2) is 17.7 Å². The van der Waals surface area contributed by atoms with Gasteiger partial charge in [0.05, 0.1) is 6.42 Å². The third-order valence-electron chi connectivity index (χ3n) is 1.55. The number of rotatable bonds is 4. The average Bonchev–Trinajstić information content (AvgIpc) is 2.19.